The largest absolute Gasteiger partial charge is 0.392 e. The van der Waals surface area contributed by atoms with E-state index in [0.29, 0.717) is 19.0 Å². The van der Waals surface area contributed by atoms with Crippen LogP contribution in [0.1, 0.15) is 31.5 Å². The maximum absolute atomic E-state index is 9.36. The number of aromatic nitrogens is 2. The Morgan fingerprint density at radius 3 is 3.13 bits per heavy atom. The summed E-state index contributed by atoms with van der Waals surface area (Å²) in [4.78, 5) is 6.42. The van der Waals surface area contributed by atoms with Gasteiger partial charge in [0, 0.05) is 19.5 Å². The van der Waals surface area contributed by atoms with E-state index in [-0.39, 0.29) is 6.10 Å². The third kappa shape index (κ3) is 2.76. The number of hydrogen-bond donors (Lipinski definition) is 1. The van der Waals surface area contributed by atoms with Gasteiger partial charge in [-0.15, -0.1) is 0 Å². The van der Waals surface area contributed by atoms with Gasteiger partial charge in [0.1, 0.15) is 0 Å². The number of β-amino-alcohol motifs (C(OH)–C–C–N with tert-alkyl or cyclic N) is 1. The molecule has 84 valence electrons. The van der Waals surface area contributed by atoms with E-state index in [9.17, 15) is 5.11 Å². The predicted octanol–water partition coefficient (Wildman–Crippen LogP) is 0.589. The van der Waals surface area contributed by atoms with E-state index in [4.69, 9.17) is 4.52 Å². The Hall–Kier alpha value is -0.940. The molecule has 0 amide bonds. The minimum absolute atomic E-state index is 0.192. The van der Waals surface area contributed by atoms with Crippen LogP contribution in [0.25, 0.3) is 0 Å². The van der Waals surface area contributed by atoms with E-state index in [1.165, 1.54) is 0 Å². The van der Waals surface area contributed by atoms with Gasteiger partial charge >= 0.3 is 0 Å². The molecule has 15 heavy (non-hydrogen) atoms. The molecule has 1 aliphatic heterocycles. The molecular weight excluding hydrogens is 194 g/mol. The highest BCUT2D eigenvalue weighted by Crippen LogP contribution is 2.12. The van der Waals surface area contributed by atoms with Crippen molar-refractivity contribution >= 4 is 0 Å². The standard InChI is InChI=1S/C10H17N3O2/c1-2-3-9-11-10(15-12-9)7-13-5-4-8(14)6-13/h8,14H,2-7H2,1H3. The Bertz CT molecular complexity index is 313. The highest BCUT2D eigenvalue weighted by Gasteiger charge is 2.21. The van der Waals surface area contributed by atoms with Crippen LogP contribution in [0.3, 0.4) is 0 Å². The maximum Gasteiger partial charge on any atom is 0.240 e. The third-order valence-electron chi connectivity index (χ3n) is 2.59. The van der Waals surface area contributed by atoms with Crippen molar-refractivity contribution in [3.63, 3.8) is 0 Å². The van der Waals surface area contributed by atoms with Crippen LogP contribution in [0.4, 0.5) is 0 Å². The first-order valence-corrected chi connectivity index (χ1v) is 5.50. The van der Waals surface area contributed by atoms with Crippen LogP contribution in [0.15, 0.2) is 4.52 Å². The molecule has 1 saturated heterocycles. The topological polar surface area (TPSA) is 62.4 Å². The molecule has 1 aromatic rings. The molecule has 1 N–H and O–H groups in total. The second-order valence-corrected chi connectivity index (χ2v) is 4.03. The third-order valence-corrected chi connectivity index (χ3v) is 2.59. The number of hydrogen-bond acceptors (Lipinski definition) is 5. The van der Waals surface area contributed by atoms with E-state index in [1.54, 1.807) is 0 Å². The zero-order valence-corrected chi connectivity index (χ0v) is 9.02. The Morgan fingerprint density at radius 2 is 2.47 bits per heavy atom. The molecule has 0 saturated carbocycles. The first kappa shape index (κ1) is 10.6. The van der Waals surface area contributed by atoms with Crippen LogP contribution in [-0.2, 0) is 13.0 Å². The van der Waals surface area contributed by atoms with Crippen LogP contribution in [0, 0.1) is 0 Å². The van der Waals surface area contributed by atoms with E-state index < -0.39 is 0 Å². The van der Waals surface area contributed by atoms with E-state index in [2.05, 4.69) is 22.0 Å². The fourth-order valence-corrected chi connectivity index (χ4v) is 1.83. The molecule has 0 spiro atoms. The lowest BCUT2D eigenvalue weighted by atomic mass is 10.3. The summed E-state index contributed by atoms with van der Waals surface area (Å²) in [6, 6.07) is 0. The minimum atomic E-state index is -0.192. The highest BCUT2D eigenvalue weighted by molar-refractivity contribution is 4.87. The molecule has 1 aliphatic rings. The molecule has 2 rings (SSSR count). The molecule has 5 nitrogen and oxygen atoms in total. The zero-order chi connectivity index (χ0) is 10.7. The van der Waals surface area contributed by atoms with Gasteiger partial charge in [-0.3, -0.25) is 4.90 Å². The van der Waals surface area contributed by atoms with Crippen LogP contribution in [-0.4, -0.2) is 39.3 Å². The molecule has 0 radical (unpaired) electrons. The fourth-order valence-electron chi connectivity index (χ4n) is 1.83. The molecule has 1 atom stereocenters. The summed E-state index contributed by atoms with van der Waals surface area (Å²) in [5, 5.41) is 13.3. The Kier molecular flexibility index (Phi) is 3.33. The van der Waals surface area contributed by atoms with Gasteiger partial charge in [-0.2, -0.15) is 4.98 Å². The van der Waals surface area contributed by atoms with Crippen molar-refractivity contribution in [3.05, 3.63) is 11.7 Å². The maximum atomic E-state index is 9.36. The molecule has 5 heteroatoms. The minimum Gasteiger partial charge on any atom is -0.392 e. The van der Waals surface area contributed by atoms with Gasteiger partial charge in [-0.1, -0.05) is 12.1 Å². The van der Waals surface area contributed by atoms with Crippen LogP contribution < -0.4 is 0 Å². The molecule has 0 aromatic carbocycles. The molecule has 1 unspecified atom stereocenters. The number of rotatable bonds is 4. The predicted molar refractivity (Wildman–Crippen MR) is 54.2 cm³/mol. The first-order chi connectivity index (χ1) is 7.28. The van der Waals surface area contributed by atoms with Crippen molar-refractivity contribution in [2.75, 3.05) is 13.1 Å². The number of likely N-dealkylation sites (tertiary alicyclic amines) is 1. The smallest absolute Gasteiger partial charge is 0.240 e. The summed E-state index contributed by atoms with van der Waals surface area (Å²) in [6.07, 6.45) is 2.55. The number of aliphatic hydroxyl groups is 1. The van der Waals surface area contributed by atoms with Gasteiger partial charge in [0.15, 0.2) is 5.82 Å². The first-order valence-electron chi connectivity index (χ1n) is 5.50. The Balaban J connectivity index is 1.87. The summed E-state index contributed by atoms with van der Waals surface area (Å²) in [5.41, 5.74) is 0. The lowest BCUT2D eigenvalue weighted by molar-refractivity contribution is 0.169. The average Bonchev–Trinajstić information content (AvgIpc) is 2.78. The van der Waals surface area contributed by atoms with Gasteiger partial charge in [0.05, 0.1) is 12.6 Å². The van der Waals surface area contributed by atoms with Gasteiger partial charge in [-0.25, -0.2) is 0 Å². The lowest BCUT2D eigenvalue weighted by Gasteiger charge is -2.10. The Morgan fingerprint density at radius 1 is 1.60 bits per heavy atom. The molecule has 2 heterocycles. The fraction of sp³-hybridized carbons (Fsp3) is 0.800. The SMILES string of the molecule is CCCc1noc(CN2CCC(O)C2)n1. The van der Waals surface area contributed by atoms with Gasteiger partial charge in [0.2, 0.25) is 5.89 Å². The quantitative estimate of drug-likeness (QED) is 0.789. The average molecular weight is 211 g/mol. The monoisotopic (exact) mass is 211 g/mol. The summed E-state index contributed by atoms with van der Waals surface area (Å²) in [7, 11) is 0. The highest BCUT2D eigenvalue weighted by atomic mass is 16.5. The number of nitrogens with zero attached hydrogens (tertiary/aromatic N) is 3. The van der Waals surface area contributed by atoms with Crippen molar-refractivity contribution in [1.29, 1.82) is 0 Å². The van der Waals surface area contributed by atoms with Crippen LogP contribution in [0.5, 0.6) is 0 Å². The summed E-state index contributed by atoms with van der Waals surface area (Å²) in [6.45, 7) is 4.37. The molecule has 1 aromatic heterocycles. The summed E-state index contributed by atoms with van der Waals surface area (Å²) in [5.74, 6) is 1.44. The summed E-state index contributed by atoms with van der Waals surface area (Å²) >= 11 is 0. The summed E-state index contributed by atoms with van der Waals surface area (Å²) < 4.78 is 5.13. The van der Waals surface area contributed by atoms with Crippen molar-refractivity contribution in [1.82, 2.24) is 15.0 Å². The van der Waals surface area contributed by atoms with E-state index in [0.717, 1.165) is 31.6 Å². The van der Waals surface area contributed by atoms with E-state index >= 15 is 0 Å². The number of aliphatic hydroxyl groups excluding tert-OH is 1. The number of aryl methyl sites for hydroxylation is 1. The van der Waals surface area contributed by atoms with Gasteiger partial charge < -0.3 is 9.63 Å². The normalized spacial score (nSPS) is 22.4. The van der Waals surface area contributed by atoms with Crippen molar-refractivity contribution in [2.24, 2.45) is 0 Å². The van der Waals surface area contributed by atoms with Crippen molar-refractivity contribution in [2.45, 2.75) is 38.8 Å². The van der Waals surface area contributed by atoms with Crippen molar-refractivity contribution < 1.29 is 9.63 Å². The second kappa shape index (κ2) is 4.72. The second-order valence-electron chi connectivity index (χ2n) is 4.03. The van der Waals surface area contributed by atoms with Gasteiger partial charge in [-0.05, 0) is 12.8 Å². The molecule has 0 bridgehead atoms. The van der Waals surface area contributed by atoms with E-state index in [1.807, 2.05) is 0 Å². The molecule has 1 fully saturated rings. The van der Waals surface area contributed by atoms with Gasteiger partial charge in [0.25, 0.3) is 0 Å². The molecule has 0 aliphatic carbocycles. The van der Waals surface area contributed by atoms with Crippen LogP contribution in [0.2, 0.25) is 0 Å². The molecular formula is C10H17N3O2. The lowest BCUT2D eigenvalue weighted by Crippen LogP contribution is -2.21. The van der Waals surface area contributed by atoms with Crippen LogP contribution >= 0.6 is 0 Å². The Labute approximate surface area is 89.1 Å². The zero-order valence-electron chi connectivity index (χ0n) is 9.02. The van der Waals surface area contributed by atoms with Crippen molar-refractivity contribution in [3.8, 4) is 0 Å².